The minimum atomic E-state index is 0.0430. The SMILES string of the molecule is CN(C)CC1CCCN1C(=O)c1cccc(C#N)c1. The molecule has 0 radical (unpaired) electrons. The van der Waals surface area contributed by atoms with Gasteiger partial charge in [0.1, 0.15) is 0 Å². The highest BCUT2D eigenvalue weighted by Gasteiger charge is 2.29. The lowest BCUT2D eigenvalue weighted by Gasteiger charge is -2.27. The van der Waals surface area contributed by atoms with E-state index in [2.05, 4.69) is 11.0 Å². The quantitative estimate of drug-likeness (QED) is 0.828. The fourth-order valence-corrected chi connectivity index (χ4v) is 2.60. The molecule has 19 heavy (non-hydrogen) atoms. The van der Waals surface area contributed by atoms with Crippen LogP contribution >= 0.6 is 0 Å². The molecule has 0 aliphatic carbocycles. The van der Waals surface area contributed by atoms with Crippen LogP contribution in [0.1, 0.15) is 28.8 Å². The zero-order chi connectivity index (χ0) is 13.8. The summed E-state index contributed by atoms with van der Waals surface area (Å²) in [7, 11) is 4.05. The molecule has 1 unspecified atom stereocenters. The molecule has 1 atom stereocenters. The summed E-state index contributed by atoms with van der Waals surface area (Å²) >= 11 is 0. The molecular weight excluding hydrogens is 238 g/mol. The smallest absolute Gasteiger partial charge is 0.254 e. The molecule has 1 aliphatic heterocycles. The summed E-state index contributed by atoms with van der Waals surface area (Å²) in [5.74, 6) is 0.0430. The molecule has 2 rings (SSSR count). The first-order valence-electron chi connectivity index (χ1n) is 6.57. The van der Waals surface area contributed by atoms with Crippen molar-refractivity contribution in [3.05, 3.63) is 35.4 Å². The number of benzene rings is 1. The Morgan fingerprint density at radius 2 is 2.32 bits per heavy atom. The molecule has 1 amide bonds. The maximum atomic E-state index is 12.5. The van der Waals surface area contributed by atoms with Gasteiger partial charge in [-0.15, -0.1) is 0 Å². The Labute approximate surface area is 114 Å². The number of hydrogen-bond donors (Lipinski definition) is 0. The van der Waals surface area contributed by atoms with Gasteiger partial charge in [0.15, 0.2) is 0 Å². The molecule has 1 aliphatic rings. The van der Waals surface area contributed by atoms with E-state index in [1.807, 2.05) is 19.0 Å². The molecule has 1 fully saturated rings. The van der Waals surface area contributed by atoms with E-state index < -0.39 is 0 Å². The predicted molar refractivity (Wildman–Crippen MR) is 73.8 cm³/mol. The van der Waals surface area contributed by atoms with Crippen LogP contribution in [0.25, 0.3) is 0 Å². The number of carbonyl (C=O) groups is 1. The summed E-state index contributed by atoms with van der Waals surface area (Å²) < 4.78 is 0. The van der Waals surface area contributed by atoms with Crippen LogP contribution < -0.4 is 0 Å². The summed E-state index contributed by atoms with van der Waals surface area (Å²) in [6, 6.07) is 9.31. The van der Waals surface area contributed by atoms with Crippen LogP contribution in [0.5, 0.6) is 0 Å². The van der Waals surface area contributed by atoms with Crippen LogP contribution in [-0.4, -0.2) is 48.9 Å². The van der Waals surface area contributed by atoms with Gasteiger partial charge in [-0.2, -0.15) is 5.26 Å². The van der Waals surface area contributed by atoms with Crippen molar-refractivity contribution < 1.29 is 4.79 Å². The minimum Gasteiger partial charge on any atom is -0.334 e. The highest BCUT2D eigenvalue weighted by Crippen LogP contribution is 2.21. The lowest BCUT2D eigenvalue weighted by molar-refractivity contribution is 0.0716. The van der Waals surface area contributed by atoms with Gasteiger partial charge >= 0.3 is 0 Å². The number of likely N-dealkylation sites (tertiary alicyclic amines) is 1. The Kier molecular flexibility index (Phi) is 4.18. The Morgan fingerprint density at radius 1 is 1.53 bits per heavy atom. The van der Waals surface area contributed by atoms with Crippen molar-refractivity contribution >= 4 is 5.91 Å². The maximum Gasteiger partial charge on any atom is 0.254 e. The Balaban J connectivity index is 2.16. The Bertz CT molecular complexity index is 504. The Hall–Kier alpha value is -1.86. The van der Waals surface area contributed by atoms with E-state index in [1.165, 1.54) is 0 Å². The van der Waals surface area contributed by atoms with Gasteiger partial charge in [-0.05, 0) is 45.1 Å². The van der Waals surface area contributed by atoms with Crippen molar-refractivity contribution in [2.45, 2.75) is 18.9 Å². The Morgan fingerprint density at radius 3 is 3.00 bits per heavy atom. The lowest BCUT2D eigenvalue weighted by Crippen LogP contribution is -2.41. The fraction of sp³-hybridized carbons (Fsp3) is 0.467. The first-order chi connectivity index (χ1) is 9.11. The molecule has 0 bridgehead atoms. The maximum absolute atomic E-state index is 12.5. The number of likely N-dealkylation sites (N-methyl/N-ethyl adjacent to an activating group) is 1. The van der Waals surface area contributed by atoms with E-state index in [0.717, 1.165) is 25.9 Å². The van der Waals surface area contributed by atoms with Crippen LogP contribution in [0, 0.1) is 11.3 Å². The van der Waals surface area contributed by atoms with Crippen LogP contribution in [0.15, 0.2) is 24.3 Å². The van der Waals surface area contributed by atoms with Gasteiger partial charge in [0.25, 0.3) is 5.91 Å². The predicted octanol–water partition coefficient (Wildman–Crippen LogP) is 1.72. The third-order valence-corrected chi connectivity index (χ3v) is 3.45. The van der Waals surface area contributed by atoms with Gasteiger partial charge in [-0.25, -0.2) is 0 Å². The second-order valence-electron chi connectivity index (χ2n) is 5.25. The van der Waals surface area contributed by atoms with E-state index >= 15 is 0 Å². The number of rotatable bonds is 3. The molecular formula is C15H19N3O. The van der Waals surface area contributed by atoms with Gasteiger partial charge in [-0.1, -0.05) is 6.07 Å². The summed E-state index contributed by atoms with van der Waals surface area (Å²) in [4.78, 5) is 16.6. The molecule has 100 valence electrons. The molecule has 1 saturated heterocycles. The summed E-state index contributed by atoms with van der Waals surface area (Å²) in [5, 5.41) is 8.90. The van der Waals surface area contributed by atoms with E-state index in [1.54, 1.807) is 24.3 Å². The lowest BCUT2D eigenvalue weighted by atomic mass is 10.1. The van der Waals surface area contributed by atoms with E-state index in [9.17, 15) is 4.79 Å². The molecule has 0 aromatic heterocycles. The van der Waals surface area contributed by atoms with Gasteiger partial charge in [0, 0.05) is 24.7 Å². The third kappa shape index (κ3) is 3.12. The average molecular weight is 257 g/mol. The van der Waals surface area contributed by atoms with Crippen molar-refractivity contribution in [3.8, 4) is 6.07 Å². The first-order valence-corrected chi connectivity index (χ1v) is 6.57. The van der Waals surface area contributed by atoms with Crippen LogP contribution in [0.3, 0.4) is 0 Å². The van der Waals surface area contributed by atoms with Crippen molar-refractivity contribution in [1.82, 2.24) is 9.80 Å². The summed E-state index contributed by atoms with van der Waals surface area (Å²) in [6.07, 6.45) is 2.12. The van der Waals surface area contributed by atoms with E-state index in [4.69, 9.17) is 5.26 Å². The van der Waals surface area contributed by atoms with Crippen molar-refractivity contribution in [3.63, 3.8) is 0 Å². The van der Waals surface area contributed by atoms with Gasteiger partial charge < -0.3 is 9.80 Å². The topological polar surface area (TPSA) is 47.3 Å². The monoisotopic (exact) mass is 257 g/mol. The number of hydrogen-bond acceptors (Lipinski definition) is 3. The zero-order valence-corrected chi connectivity index (χ0v) is 11.5. The second-order valence-corrected chi connectivity index (χ2v) is 5.25. The molecule has 1 aromatic carbocycles. The third-order valence-electron chi connectivity index (χ3n) is 3.45. The number of nitrogens with zero attached hydrogens (tertiary/aromatic N) is 3. The van der Waals surface area contributed by atoms with Crippen LogP contribution in [0.4, 0.5) is 0 Å². The van der Waals surface area contributed by atoms with Crippen LogP contribution in [0.2, 0.25) is 0 Å². The van der Waals surface area contributed by atoms with Crippen molar-refractivity contribution in [2.24, 2.45) is 0 Å². The average Bonchev–Trinajstić information content (AvgIpc) is 2.85. The normalized spacial score (nSPS) is 18.6. The summed E-state index contributed by atoms with van der Waals surface area (Å²) in [5.41, 5.74) is 1.15. The van der Waals surface area contributed by atoms with Gasteiger partial charge in [0.2, 0.25) is 0 Å². The largest absolute Gasteiger partial charge is 0.334 e. The first kappa shape index (κ1) is 13.6. The van der Waals surface area contributed by atoms with Crippen LogP contribution in [-0.2, 0) is 0 Å². The summed E-state index contributed by atoms with van der Waals surface area (Å²) in [6.45, 7) is 1.71. The zero-order valence-electron chi connectivity index (χ0n) is 11.5. The molecule has 4 nitrogen and oxygen atoms in total. The molecule has 1 aromatic rings. The number of amides is 1. The molecule has 4 heteroatoms. The molecule has 1 heterocycles. The second kappa shape index (κ2) is 5.85. The highest BCUT2D eigenvalue weighted by atomic mass is 16.2. The van der Waals surface area contributed by atoms with Gasteiger partial charge in [0.05, 0.1) is 11.6 Å². The molecule has 0 spiro atoms. The molecule has 0 N–H and O–H groups in total. The number of carbonyl (C=O) groups excluding carboxylic acids is 1. The standard InChI is InChI=1S/C15H19N3O/c1-17(2)11-14-7-4-8-18(14)15(19)13-6-3-5-12(9-13)10-16/h3,5-6,9,14H,4,7-8,11H2,1-2H3. The minimum absolute atomic E-state index is 0.0430. The van der Waals surface area contributed by atoms with E-state index in [0.29, 0.717) is 11.1 Å². The van der Waals surface area contributed by atoms with Crippen molar-refractivity contribution in [2.75, 3.05) is 27.2 Å². The fourth-order valence-electron chi connectivity index (χ4n) is 2.60. The number of nitriles is 1. The highest BCUT2D eigenvalue weighted by molar-refractivity contribution is 5.95. The molecule has 0 saturated carbocycles. The van der Waals surface area contributed by atoms with E-state index in [-0.39, 0.29) is 11.9 Å². The van der Waals surface area contributed by atoms with Crippen molar-refractivity contribution in [1.29, 1.82) is 5.26 Å². The van der Waals surface area contributed by atoms with Gasteiger partial charge in [-0.3, -0.25) is 4.79 Å².